The number of carbonyl (C=O) groups excluding carboxylic acids is 1. The maximum Gasteiger partial charge on any atom is 0.234 e. The molecule has 0 atom stereocenters. The Morgan fingerprint density at radius 2 is 2.09 bits per heavy atom. The van der Waals surface area contributed by atoms with Gasteiger partial charge in [-0.05, 0) is 44.5 Å². The Hall–Kier alpha value is -1.91. The Labute approximate surface area is 147 Å². The molecule has 0 bridgehead atoms. The first-order valence-electron chi connectivity index (χ1n) is 6.85. The second-order valence-corrected chi connectivity index (χ2v) is 6.77. The molecule has 2 rings (SSSR count). The highest BCUT2D eigenvalue weighted by molar-refractivity contribution is 9.10. The Balaban J connectivity index is 2.05. The molecule has 1 N–H and O–H groups in total. The zero-order chi connectivity index (χ0) is 17.0. The number of nitriles is 1. The van der Waals surface area contributed by atoms with Crippen LogP contribution < -0.4 is 5.32 Å². The molecule has 5 nitrogen and oxygen atoms in total. The van der Waals surface area contributed by atoms with Crippen LogP contribution in [0.3, 0.4) is 0 Å². The molecule has 0 radical (unpaired) electrons. The fourth-order valence-electron chi connectivity index (χ4n) is 1.97. The van der Waals surface area contributed by atoms with Crippen molar-refractivity contribution in [2.24, 2.45) is 0 Å². The summed E-state index contributed by atoms with van der Waals surface area (Å²) in [6, 6.07) is 7.72. The van der Waals surface area contributed by atoms with E-state index in [1.807, 2.05) is 25.1 Å². The predicted octanol–water partition coefficient (Wildman–Crippen LogP) is 3.77. The van der Waals surface area contributed by atoms with Crippen molar-refractivity contribution in [2.45, 2.75) is 25.8 Å². The zero-order valence-electron chi connectivity index (χ0n) is 13.0. The van der Waals surface area contributed by atoms with E-state index in [9.17, 15) is 10.1 Å². The van der Waals surface area contributed by atoms with Gasteiger partial charge in [-0.1, -0.05) is 27.7 Å². The van der Waals surface area contributed by atoms with Gasteiger partial charge in [-0.15, -0.1) is 0 Å². The molecule has 0 aliphatic heterocycles. The lowest BCUT2D eigenvalue weighted by Crippen LogP contribution is -2.14. The first-order valence-corrected chi connectivity index (χ1v) is 8.62. The quantitative estimate of drug-likeness (QED) is 0.634. The molecule has 2 aromatic rings. The molecule has 0 saturated heterocycles. The maximum absolute atomic E-state index is 12.1. The van der Waals surface area contributed by atoms with Gasteiger partial charge < -0.3 is 5.32 Å². The van der Waals surface area contributed by atoms with Crippen molar-refractivity contribution >= 4 is 39.3 Å². The third-order valence-electron chi connectivity index (χ3n) is 3.06. The molecule has 0 fully saturated rings. The minimum Gasteiger partial charge on any atom is -0.325 e. The van der Waals surface area contributed by atoms with Gasteiger partial charge in [0.2, 0.25) is 5.91 Å². The van der Waals surface area contributed by atoms with E-state index in [4.69, 9.17) is 0 Å². The monoisotopic (exact) mass is 390 g/mol. The number of amides is 1. The van der Waals surface area contributed by atoms with Crippen LogP contribution in [0.1, 0.15) is 22.6 Å². The van der Waals surface area contributed by atoms with Crippen LogP contribution in [0.15, 0.2) is 27.7 Å². The summed E-state index contributed by atoms with van der Waals surface area (Å²) in [6.45, 7) is 5.49. The van der Waals surface area contributed by atoms with Crippen molar-refractivity contribution in [3.8, 4) is 6.07 Å². The van der Waals surface area contributed by atoms with Crippen LogP contribution in [0.5, 0.6) is 0 Å². The normalized spacial score (nSPS) is 10.2. The number of nitrogens with zero attached hydrogens (tertiary/aromatic N) is 3. The largest absolute Gasteiger partial charge is 0.325 e. The lowest BCUT2D eigenvalue weighted by Gasteiger charge is -2.08. The number of anilines is 1. The molecule has 1 amide bonds. The summed E-state index contributed by atoms with van der Waals surface area (Å²) in [5.74, 6) is 0.627. The minimum absolute atomic E-state index is 0.144. The number of carbonyl (C=O) groups is 1. The summed E-state index contributed by atoms with van der Waals surface area (Å²) in [5, 5.41) is 12.6. The third-order valence-corrected chi connectivity index (χ3v) is 4.93. The third kappa shape index (κ3) is 4.53. The van der Waals surface area contributed by atoms with E-state index >= 15 is 0 Å². The number of aryl methyl sites for hydroxylation is 3. The standard InChI is InChI=1S/C16H15BrN4OS/c1-9-6-12(4-5-14(9)17)21-15(22)8-23-16-13(7-18)10(2)19-11(3)20-16/h4-6H,8H2,1-3H3,(H,21,22). The number of hydrogen-bond acceptors (Lipinski definition) is 5. The van der Waals surface area contributed by atoms with Gasteiger partial charge in [-0.25, -0.2) is 9.97 Å². The number of rotatable bonds is 4. The first kappa shape index (κ1) is 17.4. The van der Waals surface area contributed by atoms with Crippen LogP contribution >= 0.6 is 27.7 Å². The summed E-state index contributed by atoms with van der Waals surface area (Å²) in [7, 11) is 0. The second-order valence-electron chi connectivity index (χ2n) is 4.95. The van der Waals surface area contributed by atoms with E-state index in [1.54, 1.807) is 13.8 Å². The zero-order valence-corrected chi connectivity index (χ0v) is 15.4. The van der Waals surface area contributed by atoms with Crippen LogP contribution in [0, 0.1) is 32.1 Å². The van der Waals surface area contributed by atoms with Crippen LogP contribution in [0.25, 0.3) is 0 Å². The summed E-state index contributed by atoms with van der Waals surface area (Å²) in [5.41, 5.74) is 2.84. The number of halogens is 1. The van der Waals surface area contributed by atoms with Gasteiger partial charge in [0.05, 0.1) is 11.4 Å². The Morgan fingerprint density at radius 1 is 1.35 bits per heavy atom. The van der Waals surface area contributed by atoms with Crippen LogP contribution in [-0.2, 0) is 4.79 Å². The van der Waals surface area contributed by atoms with E-state index in [1.165, 1.54) is 11.8 Å². The summed E-state index contributed by atoms with van der Waals surface area (Å²) in [6.07, 6.45) is 0. The first-order chi connectivity index (χ1) is 10.9. The number of nitrogens with one attached hydrogen (secondary N) is 1. The van der Waals surface area contributed by atoms with Crippen LogP contribution in [0.4, 0.5) is 5.69 Å². The summed E-state index contributed by atoms with van der Waals surface area (Å²) < 4.78 is 0.996. The molecular formula is C16H15BrN4OS. The lowest BCUT2D eigenvalue weighted by atomic mass is 10.2. The molecule has 0 unspecified atom stereocenters. The molecular weight excluding hydrogens is 376 g/mol. The molecule has 7 heteroatoms. The van der Waals surface area contributed by atoms with E-state index in [2.05, 4.69) is 37.3 Å². The fourth-order valence-corrected chi connectivity index (χ4v) is 3.09. The molecule has 0 aliphatic rings. The van der Waals surface area contributed by atoms with Crippen molar-refractivity contribution < 1.29 is 4.79 Å². The molecule has 1 heterocycles. The van der Waals surface area contributed by atoms with Gasteiger partial charge in [0, 0.05) is 10.2 Å². The fraction of sp³-hybridized carbons (Fsp3) is 0.250. The van der Waals surface area contributed by atoms with E-state index in [0.717, 1.165) is 15.7 Å². The molecule has 0 spiro atoms. The number of benzene rings is 1. The molecule has 1 aromatic heterocycles. The predicted molar refractivity (Wildman–Crippen MR) is 94.5 cm³/mol. The highest BCUT2D eigenvalue weighted by atomic mass is 79.9. The van der Waals surface area contributed by atoms with Gasteiger partial charge in [0.15, 0.2) is 0 Å². The summed E-state index contributed by atoms with van der Waals surface area (Å²) in [4.78, 5) is 20.5. The van der Waals surface area contributed by atoms with Gasteiger partial charge in [0.25, 0.3) is 0 Å². The SMILES string of the molecule is Cc1nc(C)c(C#N)c(SCC(=O)Nc2ccc(Br)c(C)c2)n1. The van der Waals surface area contributed by atoms with Gasteiger partial charge >= 0.3 is 0 Å². The smallest absolute Gasteiger partial charge is 0.234 e. The van der Waals surface area contributed by atoms with Crippen molar-refractivity contribution in [1.29, 1.82) is 5.26 Å². The van der Waals surface area contributed by atoms with Gasteiger partial charge in [0.1, 0.15) is 22.5 Å². The van der Waals surface area contributed by atoms with Crippen LogP contribution in [-0.4, -0.2) is 21.6 Å². The highest BCUT2D eigenvalue weighted by Crippen LogP contribution is 2.23. The molecule has 1 aromatic carbocycles. The topological polar surface area (TPSA) is 78.7 Å². The lowest BCUT2D eigenvalue weighted by molar-refractivity contribution is -0.113. The summed E-state index contributed by atoms with van der Waals surface area (Å²) >= 11 is 4.66. The molecule has 118 valence electrons. The molecule has 0 aliphatic carbocycles. The van der Waals surface area contributed by atoms with Gasteiger partial charge in [-0.3, -0.25) is 4.79 Å². The van der Waals surface area contributed by atoms with Crippen molar-refractivity contribution in [3.05, 3.63) is 45.3 Å². The van der Waals surface area contributed by atoms with E-state index < -0.39 is 0 Å². The number of hydrogen-bond donors (Lipinski definition) is 1. The maximum atomic E-state index is 12.1. The Bertz CT molecular complexity index is 801. The highest BCUT2D eigenvalue weighted by Gasteiger charge is 2.12. The van der Waals surface area contributed by atoms with Crippen molar-refractivity contribution in [2.75, 3.05) is 11.1 Å². The molecule has 23 heavy (non-hydrogen) atoms. The van der Waals surface area contributed by atoms with E-state index in [-0.39, 0.29) is 11.7 Å². The van der Waals surface area contributed by atoms with Gasteiger partial charge in [-0.2, -0.15) is 5.26 Å². The molecule has 0 saturated carbocycles. The Morgan fingerprint density at radius 3 is 2.74 bits per heavy atom. The average molecular weight is 391 g/mol. The van der Waals surface area contributed by atoms with Crippen molar-refractivity contribution in [1.82, 2.24) is 9.97 Å². The van der Waals surface area contributed by atoms with E-state index in [0.29, 0.717) is 22.1 Å². The Kier molecular flexibility index (Phi) is 5.74. The van der Waals surface area contributed by atoms with Crippen LogP contribution in [0.2, 0.25) is 0 Å². The van der Waals surface area contributed by atoms with Crippen molar-refractivity contribution in [3.63, 3.8) is 0 Å². The number of aromatic nitrogens is 2. The second kappa shape index (κ2) is 7.57. The average Bonchev–Trinajstić information content (AvgIpc) is 2.48. The minimum atomic E-state index is -0.144. The number of thioether (sulfide) groups is 1.